The zero-order valence-corrected chi connectivity index (χ0v) is 11.6. The minimum absolute atomic E-state index is 0.0348. The van der Waals surface area contributed by atoms with E-state index in [0.717, 1.165) is 19.8 Å². The van der Waals surface area contributed by atoms with Crippen LogP contribution in [0.25, 0.3) is 0 Å². The van der Waals surface area contributed by atoms with Crippen molar-refractivity contribution >= 4 is 17.7 Å². The molecule has 0 aliphatic heterocycles. The van der Waals surface area contributed by atoms with Gasteiger partial charge in [-0.1, -0.05) is 30.3 Å². The van der Waals surface area contributed by atoms with E-state index in [2.05, 4.69) is 9.47 Å². The third kappa shape index (κ3) is 3.78. The number of hydrogen-bond donors (Lipinski definition) is 0. The first kappa shape index (κ1) is 15.6. The molecule has 5 nitrogen and oxygen atoms in total. The molecule has 20 heavy (non-hydrogen) atoms. The molecule has 1 rings (SSSR count). The molecule has 0 unspecified atom stereocenters. The van der Waals surface area contributed by atoms with Crippen LogP contribution in [0.3, 0.4) is 0 Å². The van der Waals surface area contributed by atoms with Crippen molar-refractivity contribution in [1.29, 1.82) is 0 Å². The third-order valence-electron chi connectivity index (χ3n) is 2.78. The van der Waals surface area contributed by atoms with E-state index in [9.17, 15) is 14.4 Å². The van der Waals surface area contributed by atoms with Crippen LogP contribution >= 0.6 is 0 Å². The lowest BCUT2D eigenvalue weighted by molar-refractivity contribution is -0.144. The summed E-state index contributed by atoms with van der Waals surface area (Å²) in [5.41, 5.74) is 0.467. The van der Waals surface area contributed by atoms with Crippen molar-refractivity contribution in [3.8, 4) is 0 Å². The van der Waals surface area contributed by atoms with E-state index in [1.54, 1.807) is 12.1 Å². The number of esters is 2. The van der Waals surface area contributed by atoms with Gasteiger partial charge < -0.3 is 9.47 Å². The van der Waals surface area contributed by atoms with Crippen molar-refractivity contribution in [3.05, 3.63) is 47.0 Å². The molecule has 0 aliphatic rings. The highest BCUT2D eigenvalue weighted by Gasteiger charge is 2.25. The Labute approximate surface area is 117 Å². The van der Waals surface area contributed by atoms with Gasteiger partial charge in [0.2, 0.25) is 0 Å². The Morgan fingerprint density at radius 3 is 1.90 bits per heavy atom. The summed E-state index contributed by atoms with van der Waals surface area (Å²) in [6, 6.07) is 9.04. The van der Waals surface area contributed by atoms with Crippen molar-refractivity contribution in [2.24, 2.45) is 0 Å². The van der Waals surface area contributed by atoms with E-state index in [-0.39, 0.29) is 23.4 Å². The smallest absolute Gasteiger partial charge is 0.345 e. The van der Waals surface area contributed by atoms with Gasteiger partial charge in [-0.3, -0.25) is 4.79 Å². The summed E-state index contributed by atoms with van der Waals surface area (Å²) in [4.78, 5) is 35.3. The van der Waals surface area contributed by atoms with E-state index in [0.29, 0.717) is 0 Å². The number of ketones is 1. The molecule has 0 fully saturated rings. The average Bonchev–Trinajstić information content (AvgIpc) is 2.47. The molecular weight excluding hydrogens is 260 g/mol. The first-order valence-corrected chi connectivity index (χ1v) is 5.95. The van der Waals surface area contributed by atoms with Crippen LogP contribution in [0.15, 0.2) is 41.5 Å². The number of benzene rings is 1. The lowest BCUT2D eigenvalue weighted by Gasteiger charge is -2.08. The molecule has 0 saturated carbocycles. The van der Waals surface area contributed by atoms with Crippen molar-refractivity contribution in [2.45, 2.75) is 13.3 Å². The highest BCUT2D eigenvalue weighted by Crippen LogP contribution is 2.12. The number of ether oxygens (including phenoxy) is 2. The molecule has 1 aromatic carbocycles. The summed E-state index contributed by atoms with van der Waals surface area (Å²) in [6.45, 7) is 1.41. The second-order valence-corrected chi connectivity index (χ2v) is 4.07. The summed E-state index contributed by atoms with van der Waals surface area (Å²) in [5, 5.41) is 0. The Hall–Kier alpha value is -2.43. The fraction of sp³-hybridized carbons (Fsp3) is 0.267. The summed E-state index contributed by atoms with van der Waals surface area (Å²) < 4.78 is 9.01. The van der Waals surface area contributed by atoms with Crippen LogP contribution in [-0.4, -0.2) is 31.9 Å². The third-order valence-corrected chi connectivity index (χ3v) is 2.78. The minimum atomic E-state index is -0.879. The highest BCUT2D eigenvalue weighted by atomic mass is 16.5. The van der Waals surface area contributed by atoms with Crippen LogP contribution in [0.5, 0.6) is 0 Å². The number of methoxy groups -OCH3 is 2. The number of rotatable bonds is 5. The Bertz CT molecular complexity index is 525. The van der Waals surface area contributed by atoms with Crippen molar-refractivity contribution in [2.75, 3.05) is 14.2 Å². The maximum Gasteiger partial charge on any atom is 0.345 e. The van der Waals surface area contributed by atoms with Gasteiger partial charge in [0.15, 0.2) is 11.4 Å². The van der Waals surface area contributed by atoms with E-state index < -0.39 is 11.9 Å². The van der Waals surface area contributed by atoms with Gasteiger partial charge in [0, 0.05) is 12.0 Å². The molecule has 0 N–H and O–H groups in total. The quantitative estimate of drug-likeness (QED) is 0.352. The maximum absolute atomic E-state index is 12.1. The molecule has 5 heteroatoms. The van der Waals surface area contributed by atoms with Gasteiger partial charge in [-0.25, -0.2) is 9.59 Å². The molecule has 0 saturated heterocycles. The monoisotopic (exact) mass is 276 g/mol. The van der Waals surface area contributed by atoms with Gasteiger partial charge in [0.05, 0.1) is 14.2 Å². The van der Waals surface area contributed by atoms with Gasteiger partial charge in [0.1, 0.15) is 0 Å². The molecule has 106 valence electrons. The largest absolute Gasteiger partial charge is 0.465 e. The predicted molar refractivity (Wildman–Crippen MR) is 71.9 cm³/mol. The van der Waals surface area contributed by atoms with Crippen LogP contribution in [0.2, 0.25) is 0 Å². The molecule has 1 aromatic rings. The summed E-state index contributed by atoms with van der Waals surface area (Å²) >= 11 is 0. The van der Waals surface area contributed by atoms with Crippen LogP contribution in [0.1, 0.15) is 12.5 Å². The van der Waals surface area contributed by atoms with Crippen LogP contribution in [0.4, 0.5) is 0 Å². The fourth-order valence-corrected chi connectivity index (χ4v) is 1.65. The Morgan fingerprint density at radius 1 is 0.950 bits per heavy atom. The first-order chi connectivity index (χ1) is 9.51. The number of hydrogen-bond acceptors (Lipinski definition) is 5. The topological polar surface area (TPSA) is 69.7 Å². The summed E-state index contributed by atoms with van der Waals surface area (Å²) in [5.74, 6) is -2.09. The van der Waals surface area contributed by atoms with Gasteiger partial charge in [0.25, 0.3) is 0 Å². The molecule has 0 atom stereocenters. The van der Waals surface area contributed by atoms with Gasteiger partial charge >= 0.3 is 11.9 Å². The van der Waals surface area contributed by atoms with E-state index in [1.165, 1.54) is 6.92 Å². The molecular formula is C15H16O5. The van der Waals surface area contributed by atoms with Crippen LogP contribution in [0, 0.1) is 0 Å². The van der Waals surface area contributed by atoms with Gasteiger partial charge in [-0.15, -0.1) is 0 Å². The molecule has 0 heterocycles. The number of Topliss-reactive ketones (excluding diaryl/α,β-unsaturated/α-hetero) is 1. The molecule has 0 aliphatic carbocycles. The number of carbonyl (C=O) groups excluding carboxylic acids is 3. The van der Waals surface area contributed by atoms with Crippen molar-refractivity contribution in [3.63, 3.8) is 0 Å². The standard InChI is InChI=1S/C15H16O5/c1-10(13(14(17)19-2)15(18)20-3)12(16)9-11-7-5-4-6-8-11/h4-8H,9H2,1-3H3. The SMILES string of the molecule is COC(=O)C(C(=O)OC)=C(C)C(=O)Cc1ccccc1. The summed E-state index contributed by atoms with van der Waals surface area (Å²) in [7, 11) is 2.28. The Balaban J connectivity index is 3.05. The number of carbonyl (C=O) groups is 3. The molecule has 0 amide bonds. The normalized spacial score (nSPS) is 9.55. The van der Waals surface area contributed by atoms with E-state index in [4.69, 9.17) is 0 Å². The maximum atomic E-state index is 12.1. The minimum Gasteiger partial charge on any atom is -0.465 e. The average molecular weight is 276 g/mol. The molecule has 0 bridgehead atoms. The fourth-order valence-electron chi connectivity index (χ4n) is 1.65. The van der Waals surface area contributed by atoms with Crippen molar-refractivity contribution in [1.82, 2.24) is 0 Å². The lowest BCUT2D eigenvalue weighted by atomic mass is 10.00. The number of allylic oxidation sites excluding steroid dienone is 1. The van der Waals surface area contributed by atoms with E-state index in [1.807, 2.05) is 18.2 Å². The van der Waals surface area contributed by atoms with Gasteiger partial charge in [-0.2, -0.15) is 0 Å². The molecule has 0 radical (unpaired) electrons. The highest BCUT2D eigenvalue weighted by molar-refractivity contribution is 6.19. The lowest BCUT2D eigenvalue weighted by Crippen LogP contribution is -2.21. The van der Waals surface area contributed by atoms with E-state index >= 15 is 0 Å². The van der Waals surface area contributed by atoms with Crippen molar-refractivity contribution < 1.29 is 23.9 Å². The Kier molecular flexibility index (Phi) is 5.65. The second kappa shape index (κ2) is 7.23. The van der Waals surface area contributed by atoms with Gasteiger partial charge in [-0.05, 0) is 12.5 Å². The first-order valence-electron chi connectivity index (χ1n) is 5.95. The van der Waals surface area contributed by atoms with Crippen LogP contribution in [-0.2, 0) is 30.3 Å². The predicted octanol–water partition coefficient (Wildman–Crippen LogP) is 1.46. The van der Waals surface area contributed by atoms with Crippen LogP contribution < -0.4 is 0 Å². The summed E-state index contributed by atoms with van der Waals surface area (Å²) in [6.07, 6.45) is 0.101. The zero-order chi connectivity index (χ0) is 15.1. The zero-order valence-electron chi connectivity index (χ0n) is 11.6. The Morgan fingerprint density at radius 2 is 1.45 bits per heavy atom. The second-order valence-electron chi connectivity index (χ2n) is 4.07. The molecule has 0 spiro atoms. The molecule has 0 aromatic heterocycles.